The molecule has 0 saturated heterocycles. The van der Waals surface area contributed by atoms with Gasteiger partial charge in [-0.2, -0.15) is 0 Å². The van der Waals surface area contributed by atoms with Crippen LogP contribution in [0.1, 0.15) is 45.4 Å². The number of nitrogens with two attached hydrogens (primary N) is 1. The van der Waals surface area contributed by atoms with Crippen LogP contribution in [0, 0.1) is 0 Å². The molecule has 1 unspecified atom stereocenters. The van der Waals surface area contributed by atoms with Crippen molar-refractivity contribution in [2.24, 2.45) is 5.73 Å². The quantitative estimate of drug-likeness (QED) is 0.609. The first-order valence-corrected chi connectivity index (χ1v) is 4.84. The van der Waals surface area contributed by atoms with Gasteiger partial charge in [-0.1, -0.05) is 26.2 Å². The first kappa shape index (κ1) is 9.01. The lowest BCUT2D eigenvalue weighted by Gasteiger charge is -2.25. The predicted octanol–water partition coefficient (Wildman–Crippen LogP) is 1.60. The SMILES string of the molecule is CCC(N)NC1CCCCC1. The van der Waals surface area contributed by atoms with Gasteiger partial charge in [0.1, 0.15) is 0 Å². The van der Waals surface area contributed by atoms with E-state index < -0.39 is 0 Å². The van der Waals surface area contributed by atoms with Crippen LogP contribution in [-0.4, -0.2) is 12.2 Å². The Kier molecular flexibility index (Phi) is 3.87. The van der Waals surface area contributed by atoms with Crippen molar-refractivity contribution < 1.29 is 0 Å². The monoisotopic (exact) mass is 156 g/mol. The van der Waals surface area contributed by atoms with Gasteiger partial charge < -0.3 is 5.73 Å². The zero-order valence-electron chi connectivity index (χ0n) is 7.47. The average Bonchev–Trinajstić information content (AvgIpc) is 2.06. The fraction of sp³-hybridized carbons (Fsp3) is 1.00. The molecular formula is C9H20N2. The summed E-state index contributed by atoms with van der Waals surface area (Å²) in [5, 5.41) is 3.45. The van der Waals surface area contributed by atoms with E-state index >= 15 is 0 Å². The van der Waals surface area contributed by atoms with Crippen molar-refractivity contribution in [3.63, 3.8) is 0 Å². The molecule has 2 nitrogen and oxygen atoms in total. The third-order valence-corrected chi connectivity index (χ3v) is 2.49. The second-order valence-electron chi connectivity index (χ2n) is 3.52. The lowest BCUT2D eigenvalue weighted by molar-refractivity contribution is 0.334. The van der Waals surface area contributed by atoms with Gasteiger partial charge in [-0.05, 0) is 19.3 Å². The van der Waals surface area contributed by atoms with Gasteiger partial charge in [0.2, 0.25) is 0 Å². The minimum Gasteiger partial charge on any atom is -0.316 e. The van der Waals surface area contributed by atoms with E-state index in [4.69, 9.17) is 5.73 Å². The van der Waals surface area contributed by atoms with Crippen LogP contribution in [0.15, 0.2) is 0 Å². The summed E-state index contributed by atoms with van der Waals surface area (Å²) in [7, 11) is 0. The van der Waals surface area contributed by atoms with Crippen molar-refractivity contribution in [3.8, 4) is 0 Å². The van der Waals surface area contributed by atoms with E-state index in [0.717, 1.165) is 6.42 Å². The number of hydrogen-bond donors (Lipinski definition) is 2. The van der Waals surface area contributed by atoms with Crippen molar-refractivity contribution in [2.45, 2.75) is 57.7 Å². The molecule has 2 heteroatoms. The molecule has 0 spiro atoms. The Balaban J connectivity index is 2.13. The Hall–Kier alpha value is -0.0800. The van der Waals surface area contributed by atoms with Crippen LogP contribution in [0.5, 0.6) is 0 Å². The highest BCUT2D eigenvalue weighted by Gasteiger charge is 2.14. The van der Waals surface area contributed by atoms with E-state index in [1.807, 2.05) is 0 Å². The summed E-state index contributed by atoms with van der Waals surface area (Å²) in [5.41, 5.74) is 5.79. The third-order valence-electron chi connectivity index (χ3n) is 2.49. The van der Waals surface area contributed by atoms with Crippen LogP contribution in [0.3, 0.4) is 0 Å². The fourth-order valence-corrected chi connectivity index (χ4v) is 1.69. The molecule has 66 valence electrons. The summed E-state index contributed by atoms with van der Waals surface area (Å²) >= 11 is 0. The molecule has 0 aliphatic heterocycles. The smallest absolute Gasteiger partial charge is 0.0545 e. The molecule has 0 heterocycles. The Labute approximate surface area is 69.5 Å². The normalized spacial score (nSPS) is 23.5. The van der Waals surface area contributed by atoms with Gasteiger partial charge in [-0.3, -0.25) is 5.32 Å². The predicted molar refractivity (Wildman–Crippen MR) is 48.3 cm³/mol. The van der Waals surface area contributed by atoms with Gasteiger partial charge in [-0.15, -0.1) is 0 Å². The van der Waals surface area contributed by atoms with E-state index in [1.54, 1.807) is 0 Å². The molecule has 0 aromatic heterocycles. The summed E-state index contributed by atoms with van der Waals surface area (Å²) in [6.07, 6.45) is 8.10. The topological polar surface area (TPSA) is 38.0 Å². The van der Waals surface area contributed by atoms with E-state index in [-0.39, 0.29) is 6.17 Å². The molecule has 1 saturated carbocycles. The van der Waals surface area contributed by atoms with Crippen LogP contribution in [-0.2, 0) is 0 Å². The maximum atomic E-state index is 5.79. The van der Waals surface area contributed by atoms with E-state index in [2.05, 4.69) is 12.2 Å². The van der Waals surface area contributed by atoms with Crippen LogP contribution in [0.2, 0.25) is 0 Å². The second-order valence-corrected chi connectivity index (χ2v) is 3.52. The maximum absolute atomic E-state index is 5.79. The summed E-state index contributed by atoms with van der Waals surface area (Å²) in [6.45, 7) is 2.13. The van der Waals surface area contributed by atoms with Crippen molar-refractivity contribution in [2.75, 3.05) is 0 Å². The molecular weight excluding hydrogens is 136 g/mol. The zero-order chi connectivity index (χ0) is 8.10. The fourth-order valence-electron chi connectivity index (χ4n) is 1.69. The van der Waals surface area contributed by atoms with Crippen molar-refractivity contribution in [1.82, 2.24) is 5.32 Å². The molecule has 0 radical (unpaired) electrons. The third kappa shape index (κ3) is 3.21. The molecule has 0 amide bonds. The molecule has 1 aliphatic carbocycles. The average molecular weight is 156 g/mol. The summed E-state index contributed by atoms with van der Waals surface area (Å²) in [4.78, 5) is 0. The number of hydrogen-bond acceptors (Lipinski definition) is 2. The Morgan fingerprint density at radius 3 is 2.55 bits per heavy atom. The van der Waals surface area contributed by atoms with Crippen molar-refractivity contribution in [1.29, 1.82) is 0 Å². The molecule has 1 atom stereocenters. The minimum absolute atomic E-state index is 0.220. The van der Waals surface area contributed by atoms with Crippen molar-refractivity contribution >= 4 is 0 Å². The lowest BCUT2D eigenvalue weighted by Crippen LogP contribution is -2.44. The van der Waals surface area contributed by atoms with Crippen LogP contribution >= 0.6 is 0 Å². The van der Waals surface area contributed by atoms with Crippen molar-refractivity contribution in [3.05, 3.63) is 0 Å². The molecule has 1 fully saturated rings. The molecule has 3 N–H and O–H groups in total. The lowest BCUT2D eigenvalue weighted by atomic mass is 9.95. The van der Waals surface area contributed by atoms with Crippen LogP contribution in [0.4, 0.5) is 0 Å². The standard InChI is InChI=1S/C9H20N2/c1-2-9(10)11-8-6-4-3-5-7-8/h8-9,11H,2-7,10H2,1H3. The number of nitrogens with one attached hydrogen (secondary N) is 1. The minimum atomic E-state index is 0.220. The maximum Gasteiger partial charge on any atom is 0.0545 e. The van der Waals surface area contributed by atoms with Gasteiger partial charge in [0.05, 0.1) is 6.17 Å². The van der Waals surface area contributed by atoms with Gasteiger partial charge in [-0.25, -0.2) is 0 Å². The molecule has 0 aromatic carbocycles. The Morgan fingerprint density at radius 2 is 2.00 bits per heavy atom. The van der Waals surface area contributed by atoms with Gasteiger partial charge in [0.25, 0.3) is 0 Å². The highest BCUT2D eigenvalue weighted by Crippen LogP contribution is 2.17. The van der Waals surface area contributed by atoms with Crippen LogP contribution in [0.25, 0.3) is 0 Å². The molecule has 0 bridgehead atoms. The van der Waals surface area contributed by atoms with E-state index in [0.29, 0.717) is 6.04 Å². The first-order chi connectivity index (χ1) is 5.33. The highest BCUT2D eigenvalue weighted by atomic mass is 15.0. The molecule has 1 rings (SSSR count). The zero-order valence-corrected chi connectivity index (χ0v) is 7.47. The largest absolute Gasteiger partial charge is 0.316 e. The molecule has 11 heavy (non-hydrogen) atoms. The van der Waals surface area contributed by atoms with Gasteiger partial charge in [0.15, 0.2) is 0 Å². The first-order valence-electron chi connectivity index (χ1n) is 4.84. The molecule has 0 aromatic rings. The summed E-state index contributed by atoms with van der Waals surface area (Å²) < 4.78 is 0. The highest BCUT2D eigenvalue weighted by molar-refractivity contribution is 4.73. The van der Waals surface area contributed by atoms with E-state index in [1.165, 1.54) is 32.1 Å². The Bertz CT molecular complexity index is 97.7. The van der Waals surface area contributed by atoms with Crippen LogP contribution < -0.4 is 11.1 Å². The second kappa shape index (κ2) is 4.73. The summed E-state index contributed by atoms with van der Waals surface area (Å²) in [5.74, 6) is 0. The molecule has 1 aliphatic rings. The van der Waals surface area contributed by atoms with Gasteiger partial charge >= 0.3 is 0 Å². The number of rotatable bonds is 3. The summed E-state index contributed by atoms with van der Waals surface area (Å²) in [6, 6.07) is 0.707. The van der Waals surface area contributed by atoms with E-state index in [9.17, 15) is 0 Å². The Morgan fingerprint density at radius 1 is 1.36 bits per heavy atom. The van der Waals surface area contributed by atoms with Gasteiger partial charge in [0, 0.05) is 6.04 Å².